The van der Waals surface area contributed by atoms with Crippen molar-refractivity contribution in [2.24, 2.45) is 0 Å². The zero-order valence-electron chi connectivity index (χ0n) is 22.4. The first-order valence-electron chi connectivity index (χ1n) is 12.5. The third-order valence-electron chi connectivity index (χ3n) is 6.34. The summed E-state index contributed by atoms with van der Waals surface area (Å²) in [4.78, 5) is 30.0. The third kappa shape index (κ3) is 5.64. The first-order valence-corrected chi connectivity index (χ1v) is 14.7. The number of thiocarbonyl (C=S) groups is 1. The van der Waals surface area contributed by atoms with Gasteiger partial charge in [0.25, 0.3) is 11.8 Å². The number of anilines is 2. The summed E-state index contributed by atoms with van der Waals surface area (Å²) in [6.07, 6.45) is 1.35. The Labute approximate surface area is 253 Å². The van der Waals surface area contributed by atoms with Crippen LogP contribution in [0.3, 0.4) is 0 Å². The summed E-state index contributed by atoms with van der Waals surface area (Å²) in [5, 5.41) is -0.108. The molecule has 0 atom stereocenters. The molecule has 0 unspecified atom stereocenters. The van der Waals surface area contributed by atoms with E-state index in [1.807, 2.05) is 6.92 Å². The van der Waals surface area contributed by atoms with Gasteiger partial charge in [0.2, 0.25) is 5.75 Å². The summed E-state index contributed by atoms with van der Waals surface area (Å²) in [5.74, 6) is -1.53. The lowest BCUT2D eigenvalue weighted by Crippen LogP contribution is -2.56. The van der Waals surface area contributed by atoms with Gasteiger partial charge in [0.05, 0.1) is 23.5 Å². The van der Waals surface area contributed by atoms with E-state index in [4.69, 9.17) is 32.7 Å². The Kier molecular flexibility index (Phi) is 8.13. The number of carbonyl (C=O) groups excluding carboxylic acids is 2. The summed E-state index contributed by atoms with van der Waals surface area (Å²) in [6, 6.07) is 26.4. The number of para-hydroxylation sites is 2. The minimum Gasteiger partial charge on any atom is -0.493 e. The van der Waals surface area contributed by atoms with Gasteiger partial charge in [0.15, 0.2) is 10.9 Å². The molecule has 42 heavy (non-hydrogen) atoms. The SMILES string of the molecule is COc1cc(C=C2C(=O)N(c3ccccc3)C(=S)N(c3ccccc3)C2=O)cc(Cl)c1OS(=O)(=O)c1ccc(C)cc1. The topological polar surface area (TPSA) is 93.2 Å². The van der Waals surface area contributed by atoms with Crippen LogP contribution in [0.5, 0.6) is 11.5 Å². The fourth-order valence-electron chi connectivity index (χ4n) is 4.27. The van der Waals surface area contributed by atoms with E-state index in [-0.39, 0.29) is 32.1 Å². The monoisotopic (exact) mass is 618 g/mol. The normalized spacial score (nSPS) is 13.8. The van der Waals surface area contributed by atoms with E-state index in [1.54, 1.807) is 72.8 Å². The molecule has 0 N–H and O–H groups in total. The van der Waals surface area contributed by atoms with E-state index in [2.05, 4.69) is 0 Å². The van der Waals surface area contributed by atoms with E-state index in [1.165, 1.54) is 47.3 Å². The molecule has 1 aliphatic rings. The van der Waals surface area contributed by atoms with E-state index < -0.39 is 21.9 Å². The molecule has 1 fully saturated rings. The zero-order chi connectivity index (χ0) is 30.0. The molecular formula is C31H23ClN2O6S2. The van der Waals surface area contributed by atoms with Crippen molar-refractivity contribution in [2.45, 2.75) is 11.8 Å². The van der Waals surface area contributed by atoms with Crippen LogP contribution in [0.15, 0.2) is 108 Å². The molecule has 2 amide bonds. The second-order valence-corrected chi connectivity index (χ2v) is 11.5. The minimum absolute atomic E-state index is 0.000207. The number of aryl methyl sites for hydroxylation is 1. The number of nitrogens with zero attached hydrogens (tertiary/aromatic N) is 2. The Morgan fingerprint density at radius 2 is 1.33 bits per heavy atom. The number of hydrogen-bond acceptors (Lipinski definition) is 7. The molecule has 0 aliphatic carbocycles. The van der Waals surface area contributed by atoms with Crippen LogP contribution in [-0.4, -0.2) is 32.5 Å². The largest absolute Gasteiger partial charge is 0.493 e. The summed E-state index contributed by atoms with van der Waals surface area (Å²) in [6.45, 7) is 1.83. The molecule has 0 spiro atoms. The molecule has 5 rings (SSSR count). The van der Waals surface area contributed by atoms with Crippen LogP contribution in [0.4, 0.5) is 11.4 Å². The number of benzene rings is 4. The Balaban J connectivity index is 1.58. The van der Waals surface area contributed by atoms with Crippen LogP contribution in [0.25, 0.3) is 6.08 Å². The highest BCUT2D eigenvalue weighted by Crippen LogP contribution is 2.39. The predicted molar refractivity (Wildman–Crippen MR) is 165 cm³/mol. The van der Waals surface area contributed by atoms with Gasteiger partial charge >= 0.3 is 10.1 Å². The average Bonchev–Trinajstić information content (AvgIpc) is 2.98. The van der Waals surface area contributed by atoms with Gasteiger partial charge < -0.3 is 8.92 Å². The van der Waals surface area contributed by atoms with Crippen molar-refractivity contribution in [2.75, 3.05) is 16.9 Å². The van der Waals surface area contributed by atoms with Gasteiger partial charge in [-0.3, -0.25) is 19.4 Å². The van der Waals surface area contributed by atoms with Gasteiger partial charge in [-0.05, 0) is 79.3 Å². The van der Waals surface area contributed by atoms with Gasteiger partial charge in [-0.25, -0.2) is 0 Å². The Hall–Kier alpha value is -4.51. The molecule has 0 aromatic heterocycles. The Morgan fingerprint density at radius 3 is 1.83 bits per heavy atom. The highest BCUT2D eigenvalue weighted by molar-refractivity contribution is 7.87. The fraction of sp³-hybridized carbons (Fsp3) is 0.0645. The maximum absolute atomic E-state index is 13.8. The van der Waals surface area contributed by atoms with Crippen LogP contribution in [0, 0.1) is 6.92 Å². The molecule has 212 valence electrons. The van der Waals surface area contributed by atoms with Crippen LogP contribution in [0.1, 0.15) is 11.1 Å². The lowest BCUT2D eigenvalue weighted by Gasteiger charge is -2.36. The van der Waals surface area contributed by atoms with Gasteiger partial charge in [-0.1, -0.05) is 65.7 Å². The number of rotatable bonds is 7. The van der Waals surface area contributed by atoms with Gasteiger partial charge in [-0.15, -0.1) is 0 Å². The quantitative estimate of drug-likeness (QED) is 0.106. The smallest absolute Gasteiger partial charge is 0.339 e. The maximum atomic E-state index is 13.8. The van der Waals surface area contributed by atoms with Gasteiger partial charge in [0, 0.05) is 0 Å². The van der Waals surface area contributed by atoms with E-state index in [0.717, 1.165) is 5.56 Å². The predicted octanol–water partition coefficient (Wildman–Crippen LogP) is 6.17. The first kappa shape index (κ1) is 29.0. The molecular weight excluding hydrogens is 596 g/mol. The van der Waals surface area contributed by atoms with Crippen molar-refractivity contribution in [1.29, 1.82) is 0 Å². The van der Waals surface area contributed by atoms with E-state index in [0.29, 0.717) is 16.9 Å². The molecule has 0 saturated carbocycles. The number of halogens is 1. The summed E-state index contributed by atoms with van der Waals surface area (Å²) in [7, 11) is -2.92. The van der Waals surface area contributed by atoms with Crippen LogP contribution < -0.4 is 18.7 Å². The van der Waals surface area contributed by atoms with Crippen molar-refractivity contribution in [3.63, 3.8) is 0 Å². The van der Waals surface area contributed by atoms with Crippen molar-refractivity contribution in [3.8, 4) is 11.5 Å². The van der Waals surface area contributed by atoms with Crippen molar-refractivity contribution >= 4 is 68.3 Å². The average molecular weight is 619 g/mol. The Bertz CT molecular complexity index is 1760. The van der Waals surface area contributed by atoms with Crippen LogP contribution >= 0.6 is 23.8 Å². The Morgan fingerprint density at radius 1 is 0.810 bits per heavy atom. The molecule has 4 aromatic carbocycles. The minimum atomic E-state index is -4.24. The van der Waals surface area contributed by atoms with Gasteiger partial charge in [0.1, 0.15) is 10.5 Å². The molecule has 1 heterocycles. The number of hydrogen-bond donors (Lipinski definition) is 0. The van der Waals surface area contributed by atoms with Crippen molar-refractivity contribution in [1.82, 2.24) is 0 Å². The highest BCUT2D eigenvalue weighted by Gasteiger charge is 2.41. The standard InChI is InChI=1S/C31H23ClN2O6S2/c1-20-13-15-24(16-14-20)42(37,38)40-28-26(32)18-21(19-27(28)39-2)17-25-29(35)33(22-9-5-3-6-10-22)31(41)34(30(25)36)23-11-7-4-8-12-23/h3-19H,1-2H3. The summed E-state index contributed by atoms with van der Waals surface area (Å²) >= 11 is 12.1. The molecule has 1 aliphatic heterocycles. The van der Waals surface area contributed by atoms with Gasteiger partial charge in [-0.2, -0.15) is 8.42 Å². The summed E-state index contributed by atoms with van der Waals surface area (Å²) in [5.41, 5.74) is 1.93. The van der Waals surface area contributed by atoms with Crippen molar-refractivity contribution in [3.05, 3.63) is 119 Å². The summed E-state index contributed by atoms with van der Waals surface area (Å²) < 4.78 is 36.6. The first-order chi connectivity index (χ1) is 20.1. The second-order valence-electron chi connectivity index (χ2n) is 9.18. The highest BCUT2D eigenvalue weighted by atomic mass is 35.5. The lowest BCUT2D eigenvalue weighted by molar-refractivity contribution is -0.120. The molecule has 0 bridgehead atoms. The molecule has 1 saturated heterocycles. The fourth-order valence-corrected chi connectivity index (χ4v) is 5.91. The molecule has 11 heteroatoms. The second kappa shape index (κ2) is 11.8. The van der Waals surface area contributed by atoms with Crippen LogP contribution in [-0.2, 0) is 19.7 Å². The number of carbonyl (C=O) groups is 2. The lowest BCUT2D eigenvalue weighted by atomic mass is 10.0. The van der Waals surface area contributed by atoms with Crippen LogP contribution in [0.2, 0.25) is 5.02 Å². The number of ether oxygens (including phenoxy) is 1. The van der Waals surface area contributed by atoms with E-state index in [9.17, 15) is 18.0 Å². The maximum Gasteiger partial charge on any atom is 0.339 e. The van der Waals surface area contributed by atoms with Crippen molar-refractivity contribution < 1.29 is 26.9 Å². The molecule has 8 nitrogen and oxygen atoms in total. The number of amides is 2. The molecule has 4 aromatic rings. The zero-order valence-corrected chi connectivity index (χ0v) is 24.7. The third-order valence-corrected chi connectivity index (χ3v) is 8.23. The molecule has 0 radical (unpaired) electrons. The van der Waals surface area contributed by atoms with E-state index >= 15 is 0 Å². The number of methoxy groups -OCH3 is 1.